The molecule has 1 aromatic heterocycles. The number of hydrogen-bond acceptors (Lipinski definition) is 2. The van der Waals surface area contributed by atoms with Gasteiger partial charge in [-0.05, 0) is 13.0 Å². The molecule has 0 aliphatic heterocycles. The molecule has 0 aromatic carbocycles. The van der Waals surface area contributed by atoms with Gasteiger partial charge in [-0.25, -0.2) is 0 Å². The van der Waals surface area contributed by atoms with Crippen LogP contribution in [-0.4, -0.2) is 16.1 Å². The van der Waals surface area contributed by atoms with Crippen molar-refractivity contribution in [3.63, 3.8) is 0 Å². The molecule has 1 aromatic rings. The van der Waals surface area contributed by atoms with Crippen LogP contribution in [0.1, 0.15) is 16.1 Å². The van der Waals surface area contributed by atoms with Gasteiger partial charge < -0.3 is 0 Å². The molecule has 0 spiro atoms. The van der Waals surface area contributed by atoms with Crippen LogP contribution >= 0.6 is 27.5 Å². The molecule has 0 saturated carbocycles. The first-order valence-corrected chi connectivity index (χ1v) is 4.86. The second kappa shape index (κ2) is 4.01. The Morgan fingerprint density at radius 2 is 2.42 bits per heavy atom. The summed E-state index contributed by atoms with van der Waals surface area (Å²) < 4.78 is 0. The number of carbonyl (C=O) groups is 1. The normalized spacial score (nSPS) is 9.92. The monoisotopic (exact) mass is 247 g/mol. The average Bonchev–Trinajstić information content (AvgIpc) is 2.08. The SMILES string of the molecule is Cc1ncc(C(=O)CBr)cc1Cl. The minimum absolute atomic E-state index is 0.00981. The molecular weight excluding hydrogens is 241 g/mol. The maximum atomic E-state index is 11.1. The van der Waals surface area contributed by atoms with Gasteiger partial charge in [0.25, 0.3) is 0 Å². The fourth-order valence-corrected chi connectivity index (χ4v) is 1.23. The van der Waals surface area contributed by atoms with Crippen molar-refractivity contribution >= 4 is 33.3 Å². The van der Waals surface area contributed by atoms with E-state index in [1.165, 1.54) is 6.20 Å². The topological polar surface area (TPSA) is 30.0 Å². The Morgan fingerprint density at radius 1 is 1.75 bits per heavy atom. The van der Waals surface area contributed by atoms with E-state index in [0.29, 0.717) is 15.9 Å². The molecule has 0 radical (unpaired) electrons. The molecular formula is C8H7BrClNO. The van der Waals surface area contributed by atoms with Crippen molar-refractivity contribution in [1.82, 2.24) is 4.98 Å². The summed E-state index contributed by atoms with van der Waals surface area (Å²) in [6, 6.07) is 1.63. The molecule has 0 fully saturated rings. The van der Waals surface area contributed by atoms with Crippen molar-refractivity contribution in [2.45, 2.75) is 6.92 Å². The van der Waals surface area contributed by atoms with Crippen LogP contribution in [0.3, 0.4) is 0 Å². The largest absolute Gasteiger partial charge is 0.293 e. The standard InChI is InChI=1S/C8H7BrClNO/c1-5-7(10)2-6(4-11-5)8(12)3-9/h2,4H,3H2,1H3. The molecule has 1 heterocycles. The van der Waals surface area contributed by atoms with Gasteiger partial charge in [0, 0.05) is 11.8 Å². The van der Waals surface area contributed by atoms with Gasteiger partial charge in [0.15, 0.2) is 5.78 Å². The molecule has 0 unspecified atom stereocenters. The maximum absolute atomic E-state index is 11.1. The van der Waals surface area contributed by atoms with Gasteiger partial charge in [-0.1, -0.05) is 27.5 Å². The van der Waals surface area contributed by atoms with Gasteiger partial charge in [0.2, 0.25) is 0 Å². The van der Waals surface area contributed by atoms with Crippen molar-refractivity contribution in [1.29, 1.82) is 0 Å². The second-order valence-electron chi connectivity index (χ2n) is 2.35. The first-order chi connectivity index (χ1) is 5.65. The Morgan fingerprint density at radius 3 is 2.92 bits per heavy atom. The third-order valence-corrected chi connectivity index (χ3v) is 2.36. The zero-order valence-corrected chi connectivity index (χ0v) is 8.82. The van der Waals surface area contributed by atoms with Gasteiger partial charge in [0.05, 0.1) is 16.0 Å². The Bertz CT molecular complexity index is 314. The fourth-order valence-electron chi connectivity index (χ4n) is 0.736. The highest BCUT2D eigenvalue weighted by Gasteiger charge is 2.05. The summed E-state index contributed by atoms with van der Waals surface area (Å²) in [5.74, 6) is -0.00981. The van der Waals surface area contributed by atoms with E-state index in [2.05, 4.69) is 20.9 Å². The van der Waals surface area contributed by atoms with Crippen LogP contribution in [-0.2, 0) is 0 Å². The molecule has 0 aliphatic carbocycles. The molecule has 0 bridgehead atoms. The Kier molecular flexibility index (Phi) is 3.23. The van der Waals surface area contributed by atoms with E-state index < -0.39 is 0 Å². The van der Waals surface area contributed by atoms with E-state index >= 15 is 0 Å². The number of aryl methyl sites for hydroxylation is 1. The number of carbonyl (C=O) groups excluding carboxylic acids is 1. The van der Waals surface area contributed by atoms with Gasteiger partial charge in [-0.2, -0.15) is 0 Å². The summed E-state index contributed by atoms with van der Waals surface area (Å²) in [7, 11) is 0. The molecule has 64 valence electrons. The third-order valence-electron chi connectivity index (χ3n) is 1.47. The quantitative estimate of drug-likeness (QED) is 0.595. The van der Waals surface area contributed by atoms with Gasteiger partial charge in [-0.15, -0.1) is 0 Å². The summed E-state index contributed by atoms with van der Waals surface area (Å²) in [6.45, 7) is 1.80. The maximum Gasteiger partial charge on any atom is 0.174 e. The summed E-state index contributed by atoms with van der Waals surface area (Å²) in [4.78, 5) is 15.1. The minimum atomic E-state index is -0.00981. The summed E-state index contributed by atoms with van der Waals surface area (Å²) in [5.41, 5.74) is 1.28. The Hall–Kier alpha value is -0.410. The number of hydrogen-bond donors (Lipinski definition) is 0. The number of Topliss-reactive ketones (excluding diaryl/α,β-unsaturated/α-hetero) is 1. The van der Waals surface area contributed by atoms with Crippen molar-refractivity contribution in [3.8, 4) is 0 Å². The molecule has 2 nitrogen and oxygen atoms in total. The van der Waals surface area contributed by atoms with Crippen molar-refractivity contribution in [3.05, 3.63) is 28.5 Å². The van der Waals surface area contributed by atoms with Gasteiger partial charge >= 0.3 is 0 Å². The van der Waals surface area contributed by atoms with Gasteiger partial charge in [0.1, 0.15) is 0 Å². The lowest BCUT2D eigenvalue weighted by molar-refractivity contribution is 0.102. The zero-order valence-electron chi connectivity index (χ0n) is 6.47. The van der Waals surface area contributed by atoms with Crippen molar-refractivity contribution in [2.75, 3.05) is 5.33 Å². The number of rotatable bonds is 2. The molecule has 1 rings (SSSR count). The summed E-state index contributed by atoms with van der Waals surface area (Å²) >= 11 is 8.86. The molecule has 0 amide bonds. The lowest BCUT2D eigenvalue weighted by atomic mass is 10.2. The zero-order chi connectivity index (χ0) is 9.14. The van der Waals surface area contributed by atoms with Gasteiger partial charge in [-0.3, -0.25) is 9.78 Å². The molecule has 0 saturated heterocycles. The number of aromatic nitrogens is 1. The molecule has 12 heavy (non-hydrogen) atoms. The second-order valence-corrected chi connectivity index (χ2v) is 3.32. The van der Waals surface area contributed by atoms with E-state index in [1.54, 1.807) is 13.0 Å². The van der Waals surface area contributed by atoms with E-state index in [9.17, 15) is 4.79 Å². The first-order valence-electron chi connectivity index (χ1n) is 3.36. The smallest absolute Gasteiger partial charge is 0.174 e. The number of alkyl halides is 1. The highest BCUT2D eigenvalue weighted by atomic mass is 79.9. The predicted molar refractivity (Wildman–Crippen MR) is 52.1 cm³/mol. The lowest BCUT2D eigenvalue weighted by Crippen LogP contribution is -2.01. The van der Waals surface area contributed by atoms with E-state index in [-0.39, 0.29) is 5.78 Å². The van der Waals surface area contributed by atoms with E-state index in [1.807, 2.05) is 0 Å². The van der Waals surface area contributed by atoms with E-state index in [4.69, 9.17) is 11.6 Å². The Balaban J connectivity index is 3.05. The van der Waals surface area contributed by atoms with Crippen molar-refractivity contribution < 1.29 is 4.79 Å². The highest BCUT2D eigenvalue weighted by molar-refractivity contribution is 9.09. The van der Waals surface area contributed by atoms with Crippen LogP contribution in [0.15, 0.2) is 12.3 Å². The number of pyridine rings is 1. The van der Waals surface area contributed by atoms with Crippen LogP contribution in [0.25, 0.3) is 0 Å². The lowest BCUT2D eigenvalue weighted by Gasteiger charge is -1.99. The third kappa shape index (κ3) is 2.05. The fraction of sp³-hybridized carbons (Fsp3) is 0.250. The first kappa shape index (κ1) is 9.68. The predicted octanol–water partition coefficient (Wildman–Crippen LogP) is 2.62. The minimum Gasteiger partial charge on any atom is -0.293 e. The Labute approximate surface area is 84.1 Å². The van der Waals surface area contributed by atoms with Crippen LogP contribution in [0.4, 0.5) is 0 Å². The summed E-state index contributed by atoms with van der Waals surface area (Å²) in [6.07, 6.45) is 1.53. The van der Waals surface area contributed by atoms with Crippen LogP contribution in [0.5, 0.6) is 0 Å². The van der Waals surface area contributed by atoms with Crippen LogP contribution in [0.2, 0.25) is 5.02 Å². The van der Waals surface area contributed by atoms with E-state index in [0.717, 1.165) is 5.69 Å². The molecule has 0 aliphatic rings. The molecule has 0 N–H and O–H groups in total. The molecule has 4 heteroatoms. The average molecular weight is 249 g/mol. The number of nitrogens with zero attached hydrogens (tertiary/aromatic N) is 1. The number of ketones is 1. The molecule has 0 atom stereocenters. The highest BCUT2D eigenvalue weighted by Crippen LogP contribution is 2.14. The number of halogens is 2. The van der Waals surface area contributed by atoms with Crippen LogP contribution in [0, 0.1) is 6.92 Å². The van der Waals surface area contributed by atoms with Crippen molar-refractivity contribution in [2.24, 2.45) is 0 Å². The summed E-state index contributed by atoms with van der Waals surface area (Å²) in [5, 5.41) is 0.829. The van der Waals surface area contributed by atoms with Crippen LogP contribution < -0.4 is 0 Å².